The molecule has 42 heavy (non-hydrogen) atoms. The van der Waals surface area contributed by atoms with Gasteiger partial charge >= 0.3 is 12.1 Å². The number of nitrogens with zero attached hydrogens (tertiary/aromatic N) is 1. The zero-order valence-corrected chi connectivity index (χ0v) is 23.6. The number of rotatable bonds is 9. The lowest BCUT2D eigenvalue weighted by Gasteiger charge is -2.32. The highest BCUT2D eigenvalue weighted by atomic mass is 19.4. The Bertz CT molecular complexity index is 1370. The Kier molecular flexibility index (Phi) is 9.40. The fourth-order valence-corrected chi connectivity index (χ4v) is 5.05. The Labute approximate surface area is 240 Å². The van der Waals surface area contributed by atoms with Crippen LogP contribution in [0.25, 0.3) is 0 Å². The van der Waals surface area contributed by atoms with Crippen molar-refractivity contribution in [1.29, 1.82) is 0 Å². The van der Waals surface area contributed by atoms with Crippen LogP contribution < -0.4 is 14.4 Å². The fraction of sp³-hybridized carbons (Fsp3) is 0.355. The third-order valence-electron chi connectivity index (χ3n) is 7.21. The Morgan fingerprint density at radius 3 is 1.90 bits per heavy atom. The number of methoxy groups -OCH3 is 3. The number of hydrogen-bond acceptors (Lipinski definition) is 7. The molecule has 224 valence electrons. The molecule has 1 aliphatic heterocycles. The molecule has 2 unspecified atom stereocenters. The van der Waals surface area contributed by atoms with Crippen LogP contribution in [0.3, 0.4) is 0 Å². The van der Waals surface area contributed by atoms with E-state index < -0.39 is 59.9 Å². The molecule has 0 saturated carbocycles. The second kappa shape index (κ2) is 12.8. The van der Waals surface area contributed by atoms with Crippen LogP contribution in [0.4, 0.5) is 23.2 Å². The SMILES string of the molecule is COC(=O)C1COC(c2c(F)c(N(Cc3ccc(OC)cc3)Cc3ccc(OC)cc3)cc(C)c2C(F)(F)F)CC1=O. The molecule has 0 bridgehead atoms. The van der Waals surface area contributed by atoms with E-state index in [0.29, 0.717) is 11.5 Å². The van der Waals surface area contributed by atoms with E-state index in [2.05, 4.69) is 4.74 Å². The summed E-state index contributed by atoms with van der Waals surface area (Å²) in [5.74, 6) is -2.74. The predicted octanol–water partition coefficient (Wildman–Crippen LogP) is 6.20. The number of benzene rings is 3. The van der Waals surface area contributed by atoms with Gasteiger partial charge in [-0.15, -0.1) is 0 Å². The molecule has 0 radical (unpaired) electrons. The van der Waals surface area contributed by atoms with Gasteiger partial charge in [0, 0.05) is 25.1 Å². The maximum atomic E-state index is 16.5. The minimum absolute atomic E-state index is 0.0896. The zero-order valence-electron chi connectivity index (χ0n) is 23.6. The summed E-state index contributed by atoms with van der Waals surface area (Å²) in [4.78, 5) is 26.3. The third kappa shape index (κ3) is 6.67. The second-order valence-electron chi connectivity index (χ2n) is 9.93. The van der Waals surface area contributed by atoms with Crippen molar-refractivity contribution < 1.29 is 46.1 Å². The van der Waals surface area contributed by atoms with Crippen LogP contribution in [-0.2, 0) is 38.3 Å². The van der Waals surface area contributed by atoms with Crippen LogP contribution in [0.5, 0.6) is 11.5 Å². The van der Waals surface area contributed by atoms with Crippen LogP contribution in [0, 0.1) is 18.7 Å². The summed E-state index contributed by atoms with van der Waals surface area (Å²) in [7, 11) is 4.15. The lowest BCUT2D eigenvalue weighted by Crippen LogP contribution is -2.37. The topological polar surface area (TPSA) is 74.3 Å². The molecular formula is C31H31F4NO6. The molecular weight excluding hydrogens is 558 g/mol. The van der Waals surface area contributed by atoms with Gasteiger partial charge in [0.2, 0.25) is 0 Å². The highest BCUT2D eigenvalue weighted by molar-refractivity contribution is 5.99. The zero-order chi connectivity index (χ0) is 30.6. The summed E-state index contributed by atoms with van der Waals surface area (Å²) in [6.45, 7) is 1.02. The monoisotopic (exact) mass is 589 g/mol. The Hall–Kier alpha value is -4.12. The van der Waals surface area contributed by atoms with Gasteiger partial charge in [-0.3, -0.25) is 9.59 Å². The Morgan fingerprint density at radius 1 is 0.952 bits per heavy atom. The van der Waals surface area contributed by atoms with Crippen molar-refractivity contribution in [2.45, 2.75) is 38.7 Å². The summed E-state index contributed by atoms with van der Waals surface area (Å²) in [6.07, 6.45) is -7.08. The molecule has 3 aromatic rings. The third-order valence-corrected chi connectivity index (χ3v) is 7.21. The molecule has 11 heteroatoms. The molecule has 1 aliphatic rings. The quantitative estimate of drug-likeness (QED) is 0.167. The number of halogens is 4. The number of carbonyl (C=O) groups is 2. The molecule has 0 aromatic heterocycles. The minimum Gasteiger partial charge on any atom is -0.497 e. The fourth-order valence-electron chi connectivity index (χ4n) is 5.05. The highest BCUT2D eigenvalue weighted by Gasteiger charge is 2.44. The molecule has 0 spiro atoms. The molecule has 0 aliphatic carbocycles. The average molecular weight is 590 g/mol. The van der Waals surface area contributed by atoms with Gasteiger partial charge in [-0.05, 0) is 53.9 Å². The molecule has 0 amide bonds. The molecule has 3 aromatic carbocycles. The van der Waals surface area contributed by atoms with Crippen LogP contribution in [0.1, 0.15) is 40.3 Å². The molecule has 1 heterocycles. The number of anilines is 1. The number of esters is 1. The maximum absolute atomic E-state index is 16.5. The van der Waals surface area contributed by atoms with E-state index in [9.17, 15) is 22.8 Å². The standard InChI is InChI=1S/C31H31F4NO6/c1-18-13-24(29(32)27(28(18)31(33,34)35)26-14-25(37)23(17-42-26)30(38)41-4)36(15-19-5-9-21(39-2)10-6-19)16-20-7-11-22(40-3)12-8-20/h5-13,23,26H,14-17H2,1-4H3. The van der Waals surface area contributed by atoms with E-state index in [0.717, 1.165) is 24.3 Å². The van der Waals surface area contributed by atoms with Crippen molar-refractivity contribution in [1.82, 2.24) is 0 Å². The summed E-state index contributed by atoms with van der Waals surface area (Å²) < 4.78 is 80.1. The number of ether oxygens (including phenoxy) is 4. The van der Waals surface area contributed by atoms with Gasteiger partial charge in [-0.1, -0.05) is 24.3 Å². The Balaban J connectivity index is 1.81. The van der Waals surface area contributed by atoms with E-state index in [1.54, 1.807) is 53.4 Å². The first-order chi connectivity index (χ1) is 20.0. The molecule has 7 nitrogen and oxygen atoms in total. The predicted molar refractivity (Wildman–Crippen MR) is 146 cm³/mol. The van der Waals surface area contributed by atoms with Crippen molar-refractivity contribution in [3.8, 4) is 11.5 Å². The van der Waals surface area contributed by atoms with Gasteiger partial charge in [0.25, 0.3) is 0 Å². The number of alkyl halides is 3. The van der Waals surface area contributed by atoms with Crippen molar-refractivity contribution >= 4 is 17.4 Å². The van der Waals surface area contributed by atoms with Gasteiger partial charge in [-0.25, -0.2) is 4.39 Å². The summed E-state index contributed by atoms with van der Waals surface area (Å²) in [5.41, 5.74) is -0.765. The van der Waals surface area contributed by atoms with E-state index in [-0.39, 0.29) is 24.3 Å². The van der Waals surface area contributed by atoms with E-state index in [1.165, 1.54) is 21.1 Å². The Morgan fingerprint density at radius 2 is 1.48 bits per heavy atom. The van der Waals surface area contributed by atoms with Crippen LogP contribution in [0.15, 0.2) is 54.6 Å². The number of ketones is 1. The maximum Gasteiger partial charge on any atom is 0.417 e. The van der Waals surface area contributed by atoms with Gasteiger partial charge in [0.15, 0.2) is 11.6 Å². The summed E-state index contributed by atoms with van der Waals surface area (Å²) in [5, 5.41) is 0. The van der Waals surface area contributed by atoms with E-state index >= 15 is 4.39 Å². The highest BCUT2D eigenvalue weighted by Crippen LogP contribution is 2.45. The number of aryl methyl sites for hydroxylation is 1. The molecule has 2 atom stereocenters. The largest absolute Gasteiger partial charge is 0.497 e. The second-order valence-corrected chi connectivity index (χ2v) is 9.93. The summed E-state index contributed by atoms with van der Waals surface area (Å²) >= 11 is 0. The van der Waals surface area contributed by atoms with Crippen molar-refractivity contribution in [2.24, 2.45) is 5.92 Å². The van der Waals surface area contributed by atoms with Gasteiger partial charge in [0.1, 0.15) is 17.4 Å². The lowest BCUT2D eigenvalue weighted by molar-refractivity contribution is -0.160. The first-order valence-electron chi connectivity index (χ1n) is 13.1. The normalized spacial score (nSPS) is 17.1. The van der Waals surface area contributed by atoms with Crippen molar-refractivity contribution in [3.05, 3.63) is 88.2 Å². The molecule has 1 fully saturated rings. The molecule has 0 N–H and O–H groups in total. The first-order valence-corrected chi connectivity index (χ1v) is 13.1. The number of hydrogen-bond donors (Lipinski definition) is 0. The van der Waals surface area contributed by atoms with Crippen LogP contribution in [0.2, 0.25) is 0 Å². The first kappa shape index (κ1) is 30.8. The summed E-state index contributed by atoms with van der Waals surface area (Å²) in [6, 6.07) is 15.2. The van der Waals surface area contributed by atoms with Gasteiger partial charge in [-0.2, -0.15) is 13.2 Å². The number of Topliss-reactive ketones (excluding diaryl/α,β-unsaturated/α-hetero) is 1. The number of carbonyl (C=O) groups excluding carboxylic acids is 2. The molecule has 1 saturated heterocycles. The van der Waals surface area contributed by atoms with E-state index in [4.69, 9.17) is 14.2 Å². The molecule has 4 rings (SSSR count). The lowest BCUT2D eigenvalue weighted by atomic mass is 9.88. The van der Waals surface area contributed by atoms with Crippen LogP contribution >= 0.6 is 0 Å². The van der Waals surface area contributed by atoms with E-state index in [1.807, 2.05) is 0 Å². The van der Waals surface area contributed by atoms with Gasteiger partial charge < -0.3 is 23.8 Å². The van der Waals surface area contributed by atoms with Crippen LogP contribution in [-0.4, -0.2) is 39.7 Å². The van der Waals surface area contributed by atoms with Crippen molar-refractivity contribution in [3.63, 3.8) is 0 Å². The van der Waals surface area contributed by atoms with Gasteiger partial charge in [0.05, 0.1) is 45.3 Å². The average Bonchev–Trinajstić information content (AvgIpc) is 2.97. The smallest absolute Gasteiger partial charge is 0.417 e. The minimum atomic E-state index is -4.93. The van der Waals surface area contributed by atoms with Crippen molar-refractivity contribution in [2.75, 3.05) is 32.8 Å².